The molecule has 0 bridgehead atoms. The number of nitriles is 1. The van der Waals surface area contributed by atoms with Gasteiger partial charge in [0.1, 0.15) is 30.0 Å². The van der Waals surface area contributed by atoms with E-state index in [1.54, 1.807) is 4.90 Å². The van der Waals surface area contributed by atoms with E-state index in [1.165, 1.54) is 24.3 Å². The van der Waals surface area contributed by atoms with Crippen LogP contribution in [0.2, 0.25) is 0 Å². The van der Waals surface area contributed by atoms with Crippen LogP contribution in [0.1, 0.15) is 33.6 Å². The van der Waals surface area contributed by atoms with Crippen molar-refractivity contribution in [1.82, 2.24) is 14.9 Å². The number of nitrogens with zero attached hydrogens (tertiary/aromatic N) is 5. The minimum atomic E-state index is -0.470. The molecule has 2 aliphatic rings. The molecular weight excluding hydrogens is 442 g/mol. The van der Waals surface area contributed by atoms with Gasteiger partial charge in [-0.15, -0.1) is 0 Å². The maximum atomic E-state index is 13.1. The molecule has 0 saturated carbocycles. The van der Waals surface area contributed by atoms with E-state index in [-0.39, 0.29) is 36.1 Å². The summed E-state index contributed by atoms with van der Waals surface area (Å²) in [5.74, 6) is 0.472. The molecular formula is C22H23N7O5. The van der Waals surface area contributed by atoms with E-state index in [2.05, 4.69) is 20.8 Å². The highest BCUT2D eigenvalue weighted by Gasteiger charge is 2.27. The number of rotatable bonds is 6. The van der Waals surface area contributed by atoms with Crippen LogP contribution in [0.5, 0.6) is 0 Å². The van der Waals surface area contributed by atoms with Crippen LogP contribution in [0.3, 0.4) is 0 Å². The molecule has 0 aromatic carbocycles. The molecule has 0 unspecified atom stereocenters. The normalized spacial score (nSPS) is 15.4. The zero-order valence-corrected chi connectivity index (χ0v) is 18.5. The lowest BCUT2D eigenvalue weighted by Crippen LogP contribution is -2.42. The molecule has 4 heterocycles. The topological polar surface area (TPSA) is 150 Å². The van der Waals surface area contributed by atoms with Gasteiger partial charge in [-0.25, -0.2) is 14.8 Å². The van der Waals surface area contributed by atoms with Crippen LogP contribution >= 0.6 is 0 Å². The van der Waals surface area contributed by atoms with E-state index in [9.17, 15) is 19.6 Å². The molecule has 176 valence electrons. The molecule has 4 rings (SSSR count). The summed E-state index contributed by atoms with van der Waals surface area (Å²) in [4.78, 5) is 53.5. The molecule has 2 aromatic rings. The molecule has 2 aromatic heterocycles. The summed E-state index contributed by atoms with van der Waals surface area (Å²) in [6.07, 6.45) is 3.35. The number of anilines is 3. The molecule has 1 fully saturated rings. The van der Waals surface area contributed by atoms with Crippen molar-refractivity contribution in [2.24, 2.45) is 0 Å². The number of nitrogens with one attached hydrogen (secondary N) is 2. The average molecular weight is 465 g/mol. The van der Waals surface area contributed by atoms with Crippen LogP contribution in [0.4, 0.5) is 22.1 Å². The highest BCUT2D eigenvalue weighted by Crippen LogP contribution is 2.29. The number of ether oxygens (including phenoxy) is 1. The first kappa shape index (κ1) is 23.1. The number of hydrogen-bond donors (Lipinski definition) is 2. The molecule has 0 aliphatic carbocycles. The summed E-state index contributed by atoms with van der Waals surface area (Å²) in [6.45, 7) is 1.57. The number of aromatic nitrogens is 2. The molecule has 3 amide bonds. The van der Waals surface area contributed by atoms with E-state index in [4.69, 9.17) is 9.57 Å². The molecule has 0 radical (unpaired) electrons. The molecule has 2 aliphatic heterocycles. The van der Waals surface area contributed by atoms with Gasteiger partial charge in [-0.3, -0.25) is 30.1 Å². The van der Waals surface area contributed by atoms with E-state index in [0.29, 0.717) is 55.9 Å². The van der Waals surface area contributed by atoms with Gasteiger partial charge in [0, 0.05) is 37.5 Å². The average Bonchev–Trinajstić information content (AvgIpc) is 2.85. The lowest BCUT2D eigenvalue weighted by molar-refractivity contribution is -0.143. The van der Waals surface area contributed by atoms with Crippen LogP contribution in [0.15, 0.2) is 18.3 Å². The van der Waals surface area contributed by atoms with Gasteiger partial charge in [0.15, 0.2) is 6.29 Å². The van der Waals surface area contributed by atoms with Gasteiger partial charge in [-0.1, -0.05) is 0 Å². The van der Waals surface area contributed by atoms with Crippen molar-refractivity contribution >= 4 is 35.5 Å². The number of fused-ring (bicyclic) bond motifs is 1. The molecule has 0 atom stereocenters. The zero-order chi connectivity index (χ0) is 24.1. The Hall–Kier alpha value is -4.08. The fourth-order valence-corrected chi connectivity index (χ4v) is 3.89. The SMILES string of the molecule is CONc1cc(NC(=O)N2CCCc3cc(CN4CCOCC4=O)c(C=O)nc32)ncc1C#N. The van der Waals surface area contributed by atoms with Gasteiger partial charge < -0.3 is 9.64 Å². The second-order valence-corrected chi connectivity index (χ2v) is 7.72. The second-order valence-electron chi connectivity index (χ2n) is 7.72. The van der Waals surface area contributed by atoms with Gasteiger partial charge in [0.05, 0.1) is 25.0 Å². The van der Waals surface area contributed by atoms with Gasteiger partial charge in [0.2, 0.25) is 5.91 Å². The Balaban J connectivity index is 1.57. The van der Waals surface area contributed by atoms with Crippen LogP contribution in [-0.2, 0) is 27.3 Å². The zero-order valence-electron chi connectivity index (χ0n) is 18.5. The van der Waals surface area contributed by atoms with Crippen LogP contribution < -0.4 is 15.7 Å². The Morgan fingerprint density at radius 3 is 2.97 bits per heavy atom. The Morgan fingerprint density at radius 2 is 2.24 bits per heavy atom. The third-order valence-corrected chi connectivity index (χ3v) is 5.55. The molecule has 34 heavy (non-hydrogen) atoms. The Bertz CT molecular complexity index is 1160. The van der Waals surface area contributed by atoms with Crippen molar-refractivity contribution in [2.75, 3.05) is 49.1 Å². The largest absolute Gasteiger partial charge is 0.370 e. The summed E-state index contributed by atoms with van der Waals surface area (Å²) in [6, 6.07) is 4.84. The Morgan fingerprint density at radius 1 is 1.38 bits per heavy atom. The van der Waals surface area contributed by atoms with E-state index >= 15 is 0 Å². The molecule has 2 N–H and O–H groups in total. The first-order valence-electron chi connectivity index (χ1n) is 10.6. The number of morpholine rings is 1. The summed E-state index contributed by atoms with van der Waals surface area (Å²) >= 11 is 0. The fraction of sp³-hybridized carbons (Fsp3) is 0.364. The Kier molecular flexibility index (Phi) is 6.95. The highest BCUT2D eigenvalue weighted by molar-refractivity contribution is 6.01. The van der Waals surface area contributed by atoms with E-state index < -0.39 is 6.03 Å². The van der Waals surface area contributed by atoms with Gasteiger partial charge >= 0.3 is 6.03 Å². The van der Waals surface area contributed by atoms with Crippen molar-refractivity contribution in [3.63, 3.8) is 0 Å². The summed E-state index contributed by atoms with van der Waals surface area (Å²) in [7, 11) is 1.41. The number of hydrogen-bond acceptors (Lipinski definition) is 9. The van der Waals surface area contributed by atoms with E-state index in [0.717, 1.165) is 5.56 Å². The van der Waals surface area contributed by atoms with Gasteiger partial charge in [-0.05, 0) is 24.5 Å². The number of amides is 3. The number of pyridine rings is 2. The van der Waals surface area contributed by atoms with Crippen LogP contribution in [0, 0.1) is 11.3 Å². The second kappa shape index (κ2) is 10.2. The smallest absolute Gasteiger partial charge is 0.328 e. The molecule has 12 nitrogen and oxygen atoms in total. The van der Waals surface area contributed by atoms with Gasteiger partial charge in [0.25, 0.3) is 0 Å². The molecule has 1 saturated heterocycles. The number of carbonyl (C=O) groups excluding carboxylic acids is 3. The lowest BCUT2D eigenvalue weighted by Gasteiger charge is -2.30. The van der Waals surface area contributed by atoms with Crippen molar-refractivity contribution in [1.29, 1.82) is 5.26 Å². The number of urea groups is 1. The predicted octanol–water partition coefficient (Wildman–Crippen LogP) is 1.48. The third kappa shape index (κ3) is 4.80. The number of carbonyl (C=O) groups is 3. The first-order valence-corrected chi connectivity index (χ1v) is 10.6. The van der Waals surface area contributed by atoms with Crippen LogP contribution in [-0.4, -0.2) is 66.5 Å². The minimum Gasteiger partial charge on any atom is -0.370 e. The van der Waals surface area contributed by atoms with Crippen LogP contribution in [0.25, 0.3) is 0 Å². The maximum Gasteiger partial charge on any atom is 0.328 e. The standard InChI is InChI=1S/C22H23N7O5/c1-33-27-17-8-19(24-10-16(17)9-23)26-22(32)29-4-2-3-14-7-15(18(12-30)25-21(14)29)11-28-5-6-34-13-20(28)31/h7-8,10,12H,2-6,11,13H2,1H3,(H2,24,26,27,32). The van der Waals surface area contributed by atoms with Gasteiger partial charge in [-0.2, -0.15) is 5.26 Å². The Labute approximate surface area is 195 Å². The van der Waals surface area contributed by atoms with E-state index in [1.807, 2.05) is 12.1 Å². The van der Waals surface area contributed by atoms with Crippen molar-refractivity contribution in [3.05, 3.63) is 40.7 Å². The summed E-state index contributed by atoms with van der Waals surface area (Å²) in [5.41, 5.74) is 4.83. The minimum absolute atomic E-state index is 0.0216. The third-order valence-electron chi connectivity index (χ3n) is 5.55. The van der Waals surface area contributed by atoms with Crippen molar-refractivity contribution < 1.29 is 24.0 Å². The number of aryl methyl sites for hydroxylation is 1. The van der Waals surface area contributed by atoms with Crippen molar-refractivity contribution in [3.8, 4) is 6.07 Å². The number of aldehydes is 1. The molecule has 12 heteroatoms. The summed E-state index contributed by atoms with van der Waals surface area (Å²) < 4.78 is 5.16. The molecule has 0 spiro atoms. The predicted molar refractivity (Wildman–Crippen MR) is 120 cm³/mol. The van der Waals surface area contributed by atoms with Crippen molar-refractivity contribution in [2.45, 2.75) is 19.4 Å². The monoisotopic (exact) mass is 465 g/mol. The highest BCUT2D eigenvalue weighted by atomic mass is 16.6. The summed E-state index contributed by atoms with van der Waals surface area (Å²) in [5, 5.41) is 11.9. The lowest BCUT2D eigenvalue weighted by atomic mass is 10.0. The fourth-order valence-electron chi connectivity index (χ4n) is 3.89. The first-order chi connectivity index (χ1) is 16.5. The maximum absolute atomic E-state index is 13.1. The quantitative estimate of drug-likeness (QED) is 0.477.